The summed E-state index contributed by atoms with van der Waals surface area (Å²) < 4.78 is 4.59. The van der Waals surface area contributed by atoms with E-state index in [0.29, 0.717) is 25.6 Å². The van der Waals surface area contributed by atoms with Gasteiger partial charge in [0.05, 0.1) is 20.1 Å². The molecule has 0 radical (unpaired) electrons. The van der Waals surface area contributed by atoms with Gasteiger partial charge in [-0.2, -0.15) is 0 Å². The molecule has 5 nitrogen and oxygen atoms in total. The first kappa shape index (κ1) is 16.9. The summed E-state index contributed by atoms with van der Waals surface area (Å²) in [6.07, 6.45) is 0.247. The topological polar surface area (TPSA) is 58.6 Å². The molecule has 0 unspecified atom stereocenters. The van der Waals surface area contributed by atoms with Gasteiger partial charge in [-0.05, 0) is 5.92 Å². The molecule has 0 rings (SSSR count). The van der Waals surface area contributed by atoms with Gasteiger partial charge in [0.25, 0.3) is 0 Å². The second-order valence-corrected chi connectivity index (χ2v) is 5.10. The molecule has 1 amide bonds. The largest absolute Gasteiger partial charge is 0.469 e. The van der Waals surface area contributed by atoms with Gasteiger partial charge in [0.15, 0.2) is 0 Å². The fourth-order valence-electron chi connectivity index (χ4n) is 1.49. The van der Waals surface area contributed by atoms with Crippen LogP contribution in [0.5, 0.6) is 0 Å². The van der Waals surface area contributed by atoms with E-state index in [9.17, 15) is 9.59 Å². The molecule has 0 spiro atoms. The van der Waals surface area contributed by atoms with Crippen LogP contribution >= 0.6 is 0 Å². The molecule has 0 aromatic carbocycles. The second kappa shape index (κ2) is 8.91. The smallest absolute Gasteiger partial charge is 0.307 e. The van der Waals surface area contributed by atoms with Crippen LogP contribution in [0.2, 0.25) is 0 Å². The second-order valence-electron chi connectivity index (χ2n) is 5.10. The Hall–Kier alpha value is -1.10. The first-order chi connectivity index (χ1) is 8.36. The molecule has 0 saturated heterocycles. The molecule has 106 valence electrons. The number of hydrogen-bond donors (Lipinski definition) is 1. The summed E-state index contributed by atoms with van der Waals surface area (Å²) in [6.45, 7) is 9.48. The van der Waals surface area contributed by atoms with Crippen molar-refractivity contribution in [3.63, 3.8) is 0 Å². The zero-order valence-electron chi connectivity index (χ0n) is 12.2. The molecule has 1 N–H and O–H groups in total. The number of esters is 1. The lowest BCUT2D eigenvalue weighted by molar-refractivity contribution is -0.141. The number of hydrogen-bond acceptors (Lipinski definition) is 4. The summed E-state index contributed by atoms with van der Waals surface area (Å²) in [5.41, 5.74) is 0. The Labute approximate surface area is 110 Å². The summed E-state index contributed by atoms with van der Waals surface area (Å²) in [4.78, 5) is 24.8. The highest BCUT2D eigenvalue weighted by atomic mass is 16.5. The molecule has 0 aliphatic heterocycles. The van der Waals surface area contributed by atoms with E-state index in [1.54, 1.807) is 4.90 Å². The van der Waals surface area contributed by atoms with Gasteiger partial charge in [0.2, 0.25) is 5.91 Å². The third-order valence-electron chi connectivity index (χ3n) is 2.41. The fourth-order valence-corrected chi connectivity index (χ4v) is 1.49. The van der Waals surface area contributed by atoms with Crippen LogP contribution in [-0.4, -0.2) is 49.6 Å². The first-order valence-corrected chi connectivity index (χ1v) is 6.44. The van der Waals surface area contributed by atoms with Crippen molar-refractivity contribution in [1.29, 1.82) is 0 Å². The summed E-state index contributed by atoms with van der Waals surface area (Å²) >= 11 is 0. The van der Waals surface area contributed by atoms with E-state index in [4.69, 9.17) is 0 Å². The fraction of sp³-hybridized carbons (Fsp3) is 0.846. The third-order valence-corrected chi connectivity index (χ3v) is 2.41. The summed E-state index contributed by atoms with van der Waals surface area (Å²) in [5, 5.41) is 3.09. The van der Waals surface area contributed by atoms with E-state index in [1.807, 2.05) is 27.7 Å². The van der Waals surface area contributed by atoms with Gasteiger partial charge in [0.1, 0.15) is 0 Å². The highest BCUT2D eigenvalue weighted by molar-refractivity contribution is 5.79. The van der Waals surface area contributed by atoms with Crippen LogP contribution in [0.3, 0.4) is 0 Å². The number of methoxy groups -OCH3 is 1. The normalized spacial score (nSPS) is 10.8. The lowest BCUT2D eigenvalue weighted by Crippen LogP contribution is -2.42. The van der Waals surface area contributed by atoms with Crippen molar-refractivity contribution in [2.24, 2.45) is 5.92 Å². The molecule has 0 saturated carbocycles. The van der Waals surface area contributed by atoms with Crippen LogP contribution in [-0.2, 0) is 14.3 Å². The Kier molecular flexibility index (Phi) is 8.37. The van der Waals surface area contributed by atoms with Crippen molar-refractivity contribution >= 4 is 11.9 Å². The maximum atomic E-state index is 12.0. The van der Waals surface area contributed by atoms with E-state index in [0.717, 1.165) is 0 Å². The van der Waals surface area contributed by atoms with Crippen LogP contribution in [0.1, 0.15) is 34.1 Å². The lowest BCUT2D eigenvalue weighted by Gasteiger charge is -2.25. The molecule has 18 heavy (non-hydrogen) atoms. The van der Waals surface area contributed by atoms with Crippen LogP contribution in [0.4, 0.5) is 0 Å². The number of carbonyl (C=O) groups excluding carboxylic acids is 2. The third kappa shape index (κ3) is 8.06. The molecule has 0 aliphatic rings. The van der Waals surface area contributed by atoms with Crippen molar-refractivity contribution in [2.75, 3.05) is 26.7 Å². The summed E-state index contributed by atoms with van der Waals surface area (Å²) in [5.74, 6) is 0.125. The van der Waals surface area contributed by atoms with Gasteiger partial charge in [-0.25, -0.2) is 0 Å². The Balaban J connectivity index is 4.28. The van der Waals surface area contributed by atoms with Crippen LogP contribution in [0.25, 0.3) is 0 Å². The Morgan fingerprint density at radius 2 is 1.83 bits per heavy atom. The monoisotopic (exact) mass is 258 g/mol. The van der Waals surface area contributed by atoms with Crippen LogP contribution < -0.4 is 5.32 Å². The summed E-state index contributed by atoms with van der Waals surface area (Å²) in [6, 6.07) is 0.274. The SMILES string of the molecule is COC(=O)CCN(CC(C)C)C(=O)CNC(C)C. The van der Waals surface area contributed by atoms with Gasteiger partial charge in [-0.1, -0.05) is 27.7 Å². The highest BCUT2D eigenvalue weighted by Gasteiger charge is 2.16. The van der Waals surface area contributed by atoms with Crippen LogP contribution in [0, 0.1) is 5.92 Å². The molecule has 0 fully saturated rings. The average molecular weight is 258 g/mol. The van der Waals surface area contributed by atoms with Gasteiger partial charge >= 0.3 is 5.97 Å². The van der Waals surface area contributed by atoms with Crippen LogP contribution in [0.15, 0.2) is 0 Å². The average Bonchev–Trinajstić information content (AvgIpc) is 2.30. The van der Waals surface area contributed by atoms with Gasteiger partial charge in [-0.15, -0.1) is 0 Å². The molecule has 0 heterocycles. The Morgan fingerprint density at radius 1 is 1.22 bits per heavy atom. The number of carbonyl (C=O) groups is 2. The van der Waals surface area contributed by atoms with E-state index in [2.05, 4.69) is 10.1 Å². The molecule has 0 aromatic rings. The minimum Gasteiger partial charge on any atom is -0.469 e. The first-order valence-electron chi connectivity index (χ1n) is 6.44. The van der Waals surface area contributed by atoms with Crippen molar-refractivity contribution in [1.82, 2.24) is 10.2 Å². The van der Waals surface area contributed by atoms with Crippen molar-refractivity contribution < 1.29 is 14.3 Å². The van der Waals surface area contributed by atoms with Crippen molar-refractivity contribution in [2.45, 2.75) is 40.2 Å². The molecule has 0 aliphatic carbocycles. The van der Waals surface area contributed by atoms with E-state index >= 15 is 0 Å². The lowest BCUT2D eigenvalue weighted by atomic mass is 10.2. The number of rotatable bonds is 8. The van der Waals surface area contributed by atoms with Gasteiger partial charge in [0, 0.05) is 19.1 Å². The molecule has 5 heteroatoms. The standard InChI is InChI=1S/C13H26N2O3/c1-10(2)9-15(7-6-13(17)18-5)12(16)8-14-11(3)4/h10-11,14H,6-9H2,1-5H3. The maximum absolute atomic E-state index is 12.0. The Bertz CT molecular complexity index is 265. The summed E-state index contributed by atoms with van der Waals surface area (Å²) in [7, 11) is 1.36. The van der Waals surface area contributed by atoms with E-state index < -0.39 is 0 Å². The molecule has 0 bridgehead atoms. The maximum Gasteiger partial charge on any atom is 0.307 e. The minimum atomic E-state index is -0.284. The number of amides is 1. The predicted octanol–water partition coefficient (Wildman–Crippen LogP) is 1.03. The van der Waals surface area contributed by atoms with Gasteiger partial charge < -0.3 is 15.0 Å². The minimum absolute atomic E-state index is 0.0290. The van der Waals surface area contributed by atoms with Gasteiger partial charge in [-0.3, -0.25) is 9.59 Å². The number of nitrogens with one attached hydrogen (secondary N) is 1. The molecule has 0 aromatic heterocycles. The van der Waals surface area contributed by atoms with E-state index in [1.165, 1.54) is 7.11 Å². The zero-order chi connectivity index (χ0) is 14.1. The number of nitrogens with zero attached hydrogens (tertiary/aromatic N) is 1. The van der Waals surface area contributed by atoms with Crippen molar-refractivity contribution in [3.05, 3.63) is 0 Å². The van der Waals surface area contributed by atoms with E-state index in [-0.39, 0.29) is 24.3 Å². The molecular formula is C13H26N2O3. The molecule has 0 atom stereocenters. The number of ether oxygens (including phenoxy) is 1. The highest BCUT2D eigenvalue weighted by Crippen LogP contribution is 2.01. The zero-order valence-corrected chi connectivity index (χ0v) is 12.2. The quantitative estimate of drug-likeness (QED) is 0.661. The Morgan fingerprint density at radius 3 is 2.28 bits per heavy atom. The van der Waals surface area contributed by atoms with Crippen molar-refractivity contribution in [3.8, 4) is 0 Å². The molecular weight excluding hydrogens is 232 g/mol. The predicted molar refractivity (Wildman–Crippen MR) is 71.2 cm³/mol.